The van der Waals surface area contributed by atoms with Crippen LogP contribution in [0.3, 0.4) is 0 Å². The summed E-state index contributed by atoms with van der Waals surface area (Å²) < 4.78 is 51.7. The maximum Gasteiger partial charge on any atom is 0.244 e. The van der Waals surface area contributed by atoms with E-state index in [2.05, 4.69) is 4.72 Å². The lowest BCUT2D eigenvalue weighted by molar-refractivity contribution is 0.348. The molecule has 0 atom stereocenters. The molecule has 0 saturated heterocycles. The van der Waals surface area contributed by atoms with Gasteiger partial charge in [0.15, 0.2) is 11.5 Å². The van der Waals surface area contributed by atoms with Crippen LogP contribution in [-0.4, -0.2) is 34.7 Å². The minimum Gasteiger partial charge on any atom is -0.493 e. The average molecular weight is 334 g/mol. The minimum absolute atomic E-state index is 0.119. The second-order valence-electron chi connectivity index (χ2n) is 4.93. The number of methoxy groups -OCH3 is 2. The molecule has 0 spiro atoms. The van der Waals surface area contributed by atoms with Crippen LogP contribution in [0, 0.1) is 5.82 Å². The van der Waals surface area contributed by atoms with E-state index in [-0.39, 0.29) is 18.0 Å². The standard InChI is InChI=1S/C14H23FN2O4S/c1-5-14(6-2,9-16)17-22(18,19)13-8-12(21-4)11(20-3)7-10(13)15/h7-8,17H,5-6,9,16H2,1-4H3. The Labute approximate surface area is 130 Å². The largest absolute Gasteiger partial charge is 0.493 e. The predicted octanol–water partition coefficient (Wildman–Crippen LogP) is 1.64. The highest BCUT2D eigenvalue weighted by atomic mass is 32.2. The molecule has 3 N–H and O–H groups in total. The van der Waals surface area contributed by atoms with Crippen molar-refractivity contribution in [3.8, 4) is 11.5 Å². The lowest BCUT2D eigenvalue weighted by Crippen LogP contribution is -2.52. The Bertz CT molecular complexity index is 607. The highest BCUT2D eigenvalue weighted by molar-refractivity contribution is 7.89. The Hall–Kier alpha value is -1.38. The number of rotatable bonds is 8. The molecule has 0 bridgehead atoms. The number of hydrogen-bond acceptors (Lipinski definition) is 5. The lowest BCUT2D eigenvalue weighted by atomic mass is 9.95. The summed E-state index contributed by atoms with van der Waals surface area (Å²) >= 11 is 0. The second-order valence-corrected chi connectivity index (χ2v) is 6.59. The van der Waals surface area contributed by atoms with Crippen molar-refractivity contribution < 1.29 is 22.3 Å². The molecule has 0 amide bonds. The quantitative estimate of drug-likeness (QED) is 0.754. The van der Waals surface area contributed by atoms with Gasteiger partial charge >= 0.3 is 0 Å². The number of benzene rings is 1. The Morgan fingerprint density at radius 2 is 1.68 bits per heavy atom. The van der Waals surface area contributed by atoms with E-state index in [1.54, 1.807) is 0 Å². The molecule has 126 valence electrons. The van der Waals surface area contributed by atoms with Crippen LogP contribution >= 0.6 is 0 Å². The van der Waals surface area contributed by atoms with E-state index < -0.39 is 26.3 Å². The van der Waals surface area contributed by atoms with Crippen LogP contribution in [0.2, 0.25) is 0 Å². The van der Waals surface area contributed by atoms with Crippen molar-refractivity contribution in [3.05, 3.63) is 17.9 Å². The van der Waals surface area contributed by atoms with E-state index in [9.17, 15) is 12.8 Å². The molecule has 6 nitrogen and oxygen atoms in total. The summed E-state index contributed by atoms with van der Waals surface area (Å²) in [6.07, 6.45) is 0.988. The summed E-state index contributed by atoms with van der Waals surface area (Å²) in [6, 6.07) is 2.08. The first-order valence-corrected chi connectivity index (χ1v) is 8.43. The third-order valence-corrected chi connectivity index (χ3v) is 5.42. The van der Waals surface area contributed by atoms with Crippen LogP contribution in [0.15, 0.2) is 17.0 Å². The number of hydrogen-bond donors (Lipinski definition) is 2. The fourth-order valence-electron chi connectivity index (χ4n) is 2.11. The zero-order valence-corrected chi connectivity index (χ0v) is 14.1. The third kappa shape index (κ3) is 3.68. The molecule has 0 unspecified atom stereocenters. The van der Waals surface area contributed by atoms with Gasteiger partial charge in [0.25, 0.3) is 0 Å². The highest BCUT2D eigenvalue weighted by Crippen LogP contribution is 2.32. The maximum absolute atomic E-state index is 14.2. The number of sulfonamides is 1. The topological polar surface area (TPSA) is 90.7 Å². The maximum atomic E-state index is 14.2. The van der Waals surface area contributed by atoms with Crippen LogP contribution in [0.25, 0.3) is 0 Å². The Morgan fingerprint density at radius 3 is 2.09 bits per heavy atom. The van der Waals surface area contributed by atoms with Gasteiger partial charge in [-0.2, -0.15) is 0 Å². The molecule has 0 fully saturated rings. The van der Waals surface area contributed by atoms with Gasteiger partial charge < -0.3 is 15.2 Å². The van der Waals surface area contributed by atoms with Gasteiger partial charge in [-0.3, -0.25) is 0 Å². The molecule has 0 aromatic heterocycles. The molecule has 0 aliphatic rings. The fourth-order valence-corrected chi connectivity index (χ4v) is 3.74. The fraction of sp³-hybridized carbons (Fsp3) is 0.571. The summed E-state index contributed by atoms with van der Waals surface area (Å²) in [5.74, 6) is -0.658. The molecule has 1 rings (SSSR count). The zero-order valence-electron chi connectivity index (χ0n) is 13.3. The summed E-state index contributed by atoms with van der Waals surface area (Å²) in [6.45, 7) is 3.77. The minimum atomic E-state index is -4.08. The molecular formula is C14H23FN2O4S. The number of ether oxygens (including phenoxy) is 2. The van der Waals surface area contributed by atoms with E-state index in [1.807, 2.05) is 13.8 Å². The van der Waals surface area contributed by atoms with Crippen molar-refractivity contribution in [1.29, 1.82) is 0 Å². The number of nitrogens with one attached hydrogen (secondary N) is 1. The van der Waals surface area contributed by atoms with Gasteiger partial charge in [0.05, 0.1) is 14.2 Å². The summed E-state index contributed by atoms with van der Waals surface area (Å²) in [5, 5.41) is 0. The summed E-state index contributed by atoms with van der Waals surface area (Å²) in [7, 11) is -1.39. The summed E-state index contributed by atoms with van der Waals surface area (Å²) in [4.78, 5) is -0.495. The molecule has 0 heterocycles. The van der Waals surface area contributed by atoms with Crippen LogP contribution in [0.4, 0.5) is 4.39 Å². The number of nitrogens with two attached hydrogens (primary N) is 1. The van der Waals surface area contributed by atoms with Crippen molar-refractivity contribution in [2.45, 2.75) is 37.1 Å². The SMILES string of the molecule is CCC(CC)(CN)NS(=O)(=O)c1cc(OC)c(OC)cc1F. The van der Waals surface area contributed by atoms with Crippen LogP contribution in [0.1, 0.15) is 26.7 Å². The predicted molar refractivity (Wildman–Crippen MR) is 82.2 cm³/mol. The van der Waals surface area contributed by atoms with E-state index in [0.29, 0.717) is 12.8 Å². The normalized spacial score (nSPS) is 12.3. The molecule has 1 aromatic rings. The van der Waals surface area contributed by atoms with Gasteiger partial charge in [-0.15, -0.1) is 0 Å². The molecule has 8 heteroatoms. The molecule has 0 aliphatic heterocycles. The summed E-state index contributed by atoms with van der Waals surface area (Å²) in [5.41, 5.74) is 4.88. The van der Waals surface area contributed by atoms with E-state index in [4.69, 9.17) is 15.2 Å². The lowest BCUT2D eigenvalue weighted by Gasteiger charge is -2.31. The van der Waals surface area contributed by atoms with Gasteiger partial charge in [-0.25, -0.2) is 17.5 Å². The van der Waals surface area contributed by atoms with Crippen molar-refractivity contribution >= 4 is 10.0 Å². The van der Waals surface area contributed by atoms with Crippen molar-refractivity contribution in [1.82, 2.24) is 4.72 Å². The third-order valence-electron chi connectivity index (χ3n) is 3.82. The van der Waals surface area contributed by atoms with E-state index in [1.165, 1.54) is 14.2 Å². The molecular weight excluding hydrogens is 311 g/mol. The highest BCUT2D eigenvalue weighted by Gasteiger charge is 2.33. The second kappa shape index (κ2) is 7.26. The first-order valence-electron chi connectivity index (χ1n) is 6.94. The van der Waals surface area contributed by atoms with Crippen molar-refractivity contribution in [2.24, 2.45) is 5.73 Å². The van der Waals surface area contributed by atoms with Gasteiger partial charge in [0.1, 0.15) is 10.7 Å². The van der Waals surface area contributed by atoms with Crippen LogP contribution < -0.4 is 19.9 Å². The first kappa shape index (κ1) is 18.7. The zero-order chi connectivity index (χ0) is 17.0. The monoisotopic (exact) mass is 334 g/mol. The number of halogens is 1. The molecule has 0 radical (unpaired) electrons. The Kier molecular flexibility index (Phi) is 6.16. The Morgan fingerprint density at radius 1 is 1.18 bits per heavy atom. The molecule has 0 aliphatic carbocycles. The van der Waals surface area contributed by atoms with Crippen molar-refractivity contribution in [2.75, 3.05) is 20.8 Å². The van der Waals surface area contributed by atoms with Gasteiger partial charge in [0.2, 0.25) is 10.0 Å². The van der Waals surface area contributed by atoms with Gasteiger partial charge in [-0.1, -0.05) is 13.8 Å². The van der Waals surface area contributed by atoms with Gasteiger partial charge in [-0.05, 0) is 12.8 Å². The van der Waals surface area contributed by atoms with Crippen LogP contribution in [-0.2, 0) is 10.0 Å². The van der Waals surface area contributed by atoms with E-state index in [0.717, 1.165) is 12.1 Å². The van der Waals surface area contributed by atoms with Crippen molar-refractivity contribution in [3.63, 3.8) is 0 Å². The molecule has 0 saturated carbocycles. The van der Waals surface area contributed by atoms with Crippen LogP contribution in [0.5, 0.6) is 11.5 Å². The van der Waals surface area contributed by atoms with Gasteiger partial charge in [0, 0.05) is 24.2 Å². The smallest absolute Gasteiger partial charge is 0.244 e. The van der Waals surface area contributed by atoms with E-state index >= 15 is 0 Å². The molecule has 1 aromatic carbocycles. The first-order chi connectivity index (χ1) is 10.3. The molecule has 22 heavy (non-hydrogen) atoms. The Balaban J connectivity index is 3.34. The average Bonchev–Trinajstić information content (AvgIpc) is 2.52.